The van der Waals surface area contributed by atoms with E-state index in [0.29, 0.717) is 18.1 Å². The van der Waals surface area contributed by atoms with Crippen LogP contribution in [0.4, 0.5) is 5.82 Å². The Morgan fingerprint density at radius 1 is 1.54 bits per heavy atom. The second-order valence-corrected chi connectivity index (χ2v) is 2.42. The molecule has 0 saturated heterocycles. The topological polar surface area (TPSA) is 107 Å². The van der Waals surface area contributed by atoms with Crippen LogP contribution < -0.4 is 16.8 Å². The number of hydrogen-bond donors (Lipinski definition) is 3. The fourth-order valence-electron chi connectivity index (χ4n) is 0.784. The van der Waals surface area contributed by atoms with E-state index in [4.69, 9.17) is 11.5 Å². The number of nitrogens with one attached hydrogen (secondary N) is 1. The molecule has 0 aromatic carbocycles. The number of nitrogens with zero attached hydrogens (tertiary/aromatic N) is 2. The first kappa shape index (κ1) is 9.40. The van der Waals surface area contributed by atoms with E-state index in [1.54, 1.807) is 6.07 Å². The van der Waals surface area contributed by atoms with Gasteiger partial charge in [-0.3, -0.25) is 4.79 Å². The van der Waals surface area contributed by atoms with E-state index in [1.165, 1.54) is 6.33 Å². The Hall–Kier alpha value is -1.69. The quantitative estimate of drug-likeness (QED) is 0.542. The summed E-state index contributed by atoms with van der Waals surface area (Å²) in [4.78, 5) is 18.2. The van der Waals surface area contributed by atoms with Gasteiger partial charge in [-0.25, -0.2) is 9.97 Å². The second kappa shape index (κ2) is 4.36. The van der Waals surface area contributed by atoms with Crippen LogP contribution in [0.2, 0.25) is 0 Å². The first-order chi connectivity index (χ1) is 6.22. The van der Waals surface area contributed by atoms with Crippen molar-refractivity contribution in [3.05, 3.63) is 18.1 Å². The zero-order valence-electron chi connectivity index (χ0n) is 7.03. The van der Waals surface area contributed by atoms with Gasteiger partial charge in [0, 0.05) is 12.6 Å². The van der Waals surface area contributed by atoms with Crippen LogP contribution in [0, 0.1) is 0 Å². The molecule has 0 saturated carbocycles. The average Bonchev–Trinajstić information content (AvgIpc) is 2.15. The van der Waals surface area contributed by atoms with Crippen molar-refractivity contribution < 1.29 is 4.79 Å². The lowest BCUT2D eigenvalue weighted by Crippen LogP contribution is -2.22. The smallest absolute Gasteiger partial charge is 0.236 e. The molecular weight excluding hydrogens is 170 g/mol. The van der Waals surface area contributed by atoms with Gasteiger partial charge in [0.25, 0.3) is 0 Å². The van der Waals surface area contributed by atoms with Crippen molar-refractivity contribution in [2.45, 2.75) is 6.54 Å². The number of primary amides is 1. The van der Waals surface area contributed by atoms with Crippen molar-refractivity contribution in [2.75, 3.05) is 11.9 Å². The highest BCUT2D eigenvalue weighted by Gasteiger charge is 1.97. The van der Waals surface area contributed by atoms with Gasteiger partial charge in [-0.2, -0.15) is 0 Å². The lowest BCUT2D eigenvalue weighted by Gasteiger charge is -2.02. The average molecular weight is 181 g/mol. The van der Waals surface area contributed by atoms with Crippen molar-refractivity contribution in [3.8, 4) is 0 Å². The third-order valence-corrected chi connectivity index (χ3v) is 1.38. The molecular formula is C7H11N5O. The van der Waals surface area contributed by atoms with Gasteiger partial charge in [0.15, 0.2) is 0 Å². The molecule has 70 valence electrons. The maximum Gasteiger partial charge on any atom is 0.236 e. The summed E-state index contributed by atoms with van der Waals surface area (Å²) >= 11 is 0. The Morgan fingerprint density at radius 2 is 2.31 bits per heavy atom. The monoisotopic (exact) mass is 181 g/mol. The standard InChI is InChI=1S/C7H11N5O/c8-2-5-1-7(12-4-11-5)10-3-6(9)13/h1,4H,2-3,8H2,(H2,9,13)(H,10,11,12). The van der Waals surface area contributed by atoms with Crippen molar-refractivity contribution in [1.82, 2.24) is 9.97 Å². The Balaban J connectivity index is 2.61. The van der Waals surface area contributed by atoms with Gasteiger partial charge in [0.2, 0.25) is 5.91 Å². The second-order valence-electron chi connectivity index (χ2n) is 2.42. The number of anilines is 1. The summed E-state index contributed by atoms with van der Waals surface area (Å²) in [5, 5.41) is 2.74. The van der Waals surface area contributed by atoms with Gasteiger partial charge in [0.1, 0.15) is 12.1 Å². The van der Waals surface area contributed by atoms with Crippen LogP contribution in [0.3, 0.4) is 0 Å². The van der Waals surface area contributed by atoms with E-state index in [1.807, 2.05) is 0 Å². The highest BCUT2D eigenvalue weighted by atomic mass is 16.1. The summed E-state index contributed by atoms with van der Waals surface area (Å²) in [6, 6.07) is 1.67. The molecule has 0 bridgehead atoms. The summed E-state index contributed by atoms with van der Waals surface area (Å²) in [7, 11) is 0. The first-order valence-electron chi connectivity index (χ1n) is 3.75. The van der Waals surface area contributed by atoms with Gasteiger partial charge in [0.05, 0.1) is 12.2 Å². The van der Waals surface area contributed by atoms with E-state index < -0.39 is 5.91 Å². The molecule has 6 nitrogen and oxygen atoms in total. The van der Waals surface area contributed by atoms with Crippen LogP contribution in [0.15, 0.2) is 12.4 Å². The predicted molar refractivity (Wildman–Crippen MR) is 47.6 cm³/mol. The van der Waals surface area contributed by atoms with Crippen molar-refractivity contribution in [2.24, 2.45) is 11.5 Å². The zero-order chi connectivity index (χ0) is 9.68. The summed E-state index contributed by atoms with van der Waals surface area (Å²) in [6.45, 7) is 0.398. The molecule has 1 rings (SSSR count). The molecule has 0 aliphatic heterocycles. The molecule has 0 radical (unpaired) electrons. The molecule has 0 unspecified atom stereocenters. The third-order valence-electron chi connectivity index (χ3n) is 1.38. The first-order valence-corrected chi connectivity index (χ1v) is 3.75. The van der Waals surface area contributed by atoms with E-state index in [2.05, 4.69) is 15.3 Å². The summed E-state index contributed by atoms with van der Waals surface area (Å²) < 4.78 is 0. The van der Waals surface area contributed by atoms with E-state index in [0.717, 1.165) is 0 Å². The van der Waals surface area contributed by atoms with Crippen LogP contribution in [-0.2, 0) is 11.3 Å². The highest BCUT2D eigenvalue weighted by Crippen LogP contribution is 2.01. The lowest BCUT2D eigenvalue weighted by molar-refractivity contribution is -0.116. The van der Waals surface area contributed by atoms with Crippen molar-refractivity contribution in [3.63, 3.8) is 0 Å². The lowest BCUT2D eigenvalue weighted by atomic mass is 10.4. The number of carbonyl (C=O) groups is 1. The molecule has 1 aromatic heterocycles. The molecule has 6 heteroatoms. The SMILES string of the molecule is NCc1cc(NCC(N)=O)ncn1. The third kappa shape index (κ3) is 3.04. The number of nitrogens with two attached hydrogens (primary N) is 2. The Labute approximate surface area is 75.4 Å². The number of hydrogen-bond acceptors (Lipinski definition) is 5. The summed E-state index contributed by atoms with van der Waals surface area (Å²) in [5.74, 6) is 0.113. The Morgan fingerprint density at radius 3 is 2.92 bits per heavy atom. The molecule has 1 heterocycles. The van der Waals surface area contributed by atoms with Crippen LogP contribution in [0.25, 0.3) is 0 Å². The molecule has 0 aliphatic carbocycles. The highest BCUT2D eigenvalue weighted by molar-refractivity contribution is 5.78. The fourth-order valence-corrected chi connectivity index (χ4v) is 0.784. The van der Waals surface area contributed by atoms with Crippen LogP contribution in [0.1, 0.15) is 5.69 Å². The molecule has 1 amide bonds. The molecule has 13 heavy (non-hydrogen) atoms. The maximum atomic E-state index is 10.4. The van der Waals surface area contributed by atoms with Gasteiger partial charge in [-0.1, -0.05) is 0 Å². The molecule has 0 fully saturated rings. The number of rotatable bonds is 4. The minimum absolute atomic E-state index is 0.0566. The Bertz CT molecular complexity index is 301. The number of aromatic nitrogens is 2. The summed E-state index contributed by atoms with van der Waals surface area (Å²) in [6.07, 6.45) is 1.38. The molecule has 1 aromatic rings. The summed E-state index contributed by atoms with van der Waals surface area (Å²) in [5.41, 5.74) is 11.0. The van der Waals surface area contributed by atoms with E-state index in [9.17, 15) is 4.79 Å². The van der Waals surface area contributed by atoms with Crippen LogP contribution >= 0.6 is 0 Å². The minimum atomic E-state index is -0.437. The van der Waals surface area contributed by atoms with Gasteiger partial charge < -0.3 is 16.8 Å². The molecule has 5 N–H and O–H groups in total. The largest absolute Gasteiger partial charge is 0.368 e. The molecule has 0 aliphatic rings. The minimum Gasteiger partial charge on any atom is -0.368 e. The Kier molecular flexibility index (Phi) is 3.15. The zero-order valence-corrected chi connectivity index (χ0v) is 7.03. The number of amides is 1. The van der Waals surface area contributed by atoms with Crippen LogP contribution in [-0.4, -0.2) is 22.4 Å². The normalized spacial score (nSPS) is 9.62. The van der Waals surface area contributed by atoms with E-state index in [-0.39, 0.29) is 6.54 Å². The van der Waals surface area contributed by atoms with Gasteiger partial charge in [-0.15, -0.1) is 0 Å². The maximum absolute atomic E-state index is 10.4. The predicted octanol–water partition coefficient (Wildman–Crippen LogP) is -1.17. The number of carbonyl (C=O) groups excluding carboxylic acids is 1. The van der Waals surface area contributed by atoms with E-state index >= 15 is 0 Å². The van der Waals surface area contributed by atoms with Gasteiger partial charge in [-0.05, 0) is 0 Å². The molecule has 0 atom stereocenters. The fraction of sp³-hybridized carbons (Fsp3) is 0.286. The van der Waals surface area contributed by atoms with Crippen molar-refractivity contribution >= 4 is 11.7 Å². The van der Waals surface area contributed by atoms with Crippen LogP contribution in [0.5, 0.6) is 0 Å². The van der Waals surface area contributed by atoms with Gasteiger partial charge >= 0.3 is 0 Å². The molecule has 0 spiro atoms. The van der Waals surface area contributed by atoms with Crippen molar-refractivity contribution in [1.29, 1.82) is 0 Å².